The van der Waals surface area contributed by atoms with Gasteiger partial charge >= 0.3 is 0 Å². The van der Waals surface area contributed by atoms with Crippen LogP contribution in [0.4, 0.5) is 0 Å². The van der Waals surface area contributed by atoms with Gasteiger partial charge in [0.2, 0.25) is 0 Å². The van der Waals surface area contributed by atoms with E-state index < -0.39 is 0 Å². The van der Waals surface area contributed by atoms with Crippen LogP contribution in [-0.4, -0.2) is 52.3 Å². The van der Waals surface area contributed by atoms with Crippen molar-refractivity contribution in [1.29, 1.82) is 0 Å². The summed E-state index contributed by atoms with van der Waals surface area (Å²) in [7, 11) is 1.61. The van der Waals surface area contributed by atoms with Gasteiger partial charge in [-0.25, -0.2) is 0 Å². The van der Waals surface area contributed by atoms with Crippen LogP contribution in [-0.2, 0) is 13.0 Å². The molecule has 0 fully saturated rings. The maximum Gasteiger partial charge on any atom is 0.251 e. The number of amides is 1. The molecule has 2 aromatic heterocycles. The van der Waals surface area contributed by atoms with Gasteiger partial charge in [-0.15, -0.1) is 10.2 Å². The Bertz CT molecular complexity index is 1120. The molecule has 34 heavy (non-hydrogen) atoms. The van der Waals surface area contributed by atoms with E-state index >= 15 is 0 Å². The van der Waals surface area contributed by atoms with Gasteiger partial charge in [0.1, 0.15) is 17.3 Å². The van der Waals surface area contributed by atoms with Gasteiger partial charge in [-0.05, 0) is 55.3 Å². The van der Waals surface area contributed by atoms with E-state index in [0.29, 0.717) is 5.56 Å². The predicted molar refractivity (Wildman–Crippen MR) is 131 cm³/mol. The number of fused-ring (bicyclic) bond motifs is 1. The molecule has 1 N–H and O–H groups in total. The van der Waals surface area contributed by atoms with Crippen molar-refractivity contribution in [3.8, 4) is 5.75 Å². The van der Waals surface area contributed by atoms with E-state index in [9.17, 15) is 4.79 Å². The largest absolute Gasteiger partial charge is 0.497 e. The van der Waals surface area contributed by atoms with Crippen LogP contribution in [0.2, 0.25) is 0 Å². The standard InChI is InChI=1S/C26H33N5O3/c1-18(2)24(27-26(32)20-7-9-21(33-4)10-8-20)25-29-28-23-11-12-30(13-14-31(23)25)17-19(3)16-22-6-5-15-34-22/h5-10,15-16,18,24H,11-14,17H2,1-4H3,(H,27,32)/b19-16+/t24-/m0/s1. The fraction of sp³-hybridized carbons (Fsp3) is 0.423. The minimum Gasteiger partial charge on any atom is -0.497 e. The van der Waals surface area contributed by atoms with Gasteiger partial charge < -0.3 is 19.0 Å². The number of hydrogen-bond donors (Lipinski definition) is 1. The number of methoxy groups -OCH3 is 1. The van der Waals surface area contributed by atoms with Gasteiger partial charge in [0.25, 0.3) is 5.91 Å². The van der Waals surface area contributed by atoms with Crippen LogP contribution in [0.5, 0.6) is 5.75 Å². The van der Waals surface area contributed by atoms with Gasteiger partial charge in [-0.2, -0.15) is 0 Å². The molecular weight excluding hydrogens is 430 g/mol. The Hall–Kier alpha value is -3.39. The number of aromatic nitrogens is 3. The number of hydrogen-bond acceptors (Lipinski definition) is 6. The van der Waals surface area contributed by atoms with Gasteiger partial charge in [0, 0.05) is 38.2 Å². The molecule has 0 spiro atoms. The monoisotopic (exact) mass is 463 g/mol. The van der Waals surface area contributed by atoms with Crippen LogP contribution in [0, 0.1) is 5.92 Å². The summed E-state index contributed by atoms with van der Waals surface area (Å²) in [5, 5.41) is 12.2. The van der Waals surface area contributed by atoms with Crippen molar-refractivity contribution < 1.29 is 13.9 Å². The Labute approximate surface area is 200 Å². The van der Waals surface area contributed by atoms with Gasteiger partial charge in [0.15, 0.2) is 5.82 Å². The Morgan fingerprint density at radius 1 is 1.18 bits per heavy atom. The van der Waals surface area contributed by atoms with Crippen LogP contribution in [0.3, 0.4) is 0 Å². The zero-order valence-corrected chi connectivity index (χ0v) is 20.3. The molecular formula is C26H33N5O3. The molecule has 0 saturated carbocycles. The van der Waals surface area contributed by atoms with Crippen molar-refractivity contribution in [2.75, 3.05) is 26.7 Å². The minimum atomic E-state index is -0.233. The van der Waals surface area contributed by atoms with Crippen molar-refractivity contribution >= 4 is 12.0 Å². The molecule has 0 bridgehead atoms. The second kappa shape index (κ2) is 10.7. The van der Waals surface area contributed by atoms with E-state index in [2.05, 4.69) is 51.8 Å². The summed E-state index contributed by atoms with van der Waals surface area (Å²) in [6.45, 7) is 9.76. The Balaban J connectivity index is 1.45. The maximum absolute atomic E-state index is 13.0. The Morgan fingerprint density at radius 2 is 1.97 bits per heavy atom. The zero-order chi connectivity index (χ0) is 24.1. The molecule has 1 aliphatic heterocycles. The van der Waals surface area contributed by atoms with Gasteiger partial charge in [-0.1, -0.05) is 19.4 Å². The third kappa shape index (κ3) is 5.56. The second-order valence-electron chi connectivity index (χ2n) is 9.08. The molecule has 1 aromatic carbocycles. The lowest BCUT2D eigenvalue weighted by atomic mass is 10.0. The molecule has 1 amide bonds. The highest BCUT2D eigenvalue weighted by Gasteiger charge is 2.27. The highest BCUT2D eigenvalue weighted by Crippen LogP contribution is 2.24. The molecule has 180 valence electrons. The van der Waals surface area contributed by atoms with Gasteiger partial charge in [0.05, 0.1) is 19.4 Å². The molecule has 4 rings (SSSR count). The van der Waals surface area contributed by atoms with E-state index in [4.69, 9.17) is 9.15 Å². The lowest BCUT2D eigenvalue weighted by Gasteiger charge is -2.23. The summed E-state index contributed by atoms with van der Waals surface area (Å²) in [5.74, 6) is 3.41. The van der Waals surface area contributed by atoms with Crippen molar-refractivity contribution in [3.05, 3.63) is 71.2 Å². The maximum atomic E-state index is 13.0. The predicted octanol–water partition coefficient (Wildman–Crippen LogP) is 3.97. The first-order valence-corrected chi connectivity index (χ1v) is 11.7. The normalized spacial score (nSPS) is 15.6. The van der Waals surface area contributed by atoms with Crippen LogP contribution in [0.15, 0.2) is 52.7 Å². The molecule has 0 saturated heterocycles. The quantitative estimate of drug-likeness (QED) is 0.544. The molecule has 1 aliphatic rings. The average Bonchev–Trinajstić information content (AvgIpc) is 3.44. The van der Waals surface area contributed by atoms with E-state index in [1.54, 1.807) is 37.6 Å². The van der Waals surface area contributed by atoms with Crippen LogP contribution < -0.4 is 10.1 Å². The van der Waals surface area contributed by atoms with Crippen molar-refractivity contribution in [2.24, 2.45) is 5.92 Å². The molecule has 0 radical (unpaired) electrons. The van der Waals surface area contributed by atoms with E-state index in [1.807, 2.05) is 12.1 Å². The number of rotatable bonds is 8. The zero-order valence-electron chi connectivity index (χ0n) is 20.3. The highest BCUT2D eigenvalue weighted by atomic mass is 16.5. The third-order valence-electron chi connectivity index (χ3n) is 6.14. The fourth-order valence-corrected chi connectivity index (χ4v) is 4.29. The summed E-state index contributed by atoms with van der Waals surface area (Å²) in [4.78, 5) is 15.4. The number of benzene rings is 1. The molecule has 0 unspecified atom stereocenters. The number of carbonyl (C=O) groups is 1. The molecule has 3 aromatic rings. The molecule has 1 atom stereocenters. The number of ether oxygens (including phenoxy) is 1. The number of nitrogens with one attached hydrogen (secondary N) is 1. The third-order valence-corrected chi connectivity index (χ3v) is 6.14. The van der Waals surface area contributed by atoms with Crippen LogP contribution in [0.25, 0.3) is 6.08 Å². The highest BCUT2D eigenvalue weighted by molar-refractivity contribution is 5.94. The molecule has 0 aliphatic carbocycles. The molecule has 8 heteroatoms. The first kappa shape index (κ1) is 23.8. The summed E-state index contributed by atoms with van der Waals surface area (Å²) in [6, 6.07) is 10.8. The second-order valence-corrected chi connectivity index (χ2v) is 9.08. The Kier molecular flexibility index (Phi) is 7.47. The van der Waals surface area contributed by atoms with Crippen molar-refractivity contribution in [1.82, 2.24) is 25.0 Å². The van der Waals surface area contributed by atoms with Crippen LogP contribution >= 0.6 is 0 Å². The topological polar surface area (TPSA) is 85.4 Å². The summed E-state index contributed by atoms with van der Waals surface area (Å²) in [6.07, 6.45) is 4.59. The number of furan rings is 1. The smallest absolute Gasteiger partial charge is 0.251 e. The SMILES string of the molecule is COc1ccc(C(=O)N[C@H](c2nnc3n2CCN(C/C(C)=C/c2ccco2)CC3)C(C)C)cc1. The molecule has 3 heterocycles. The number of carbonyl (C=O) groups excluding carboxylic acids is 1. The lowest BCUT2D eigenvalue weighted by molar-refractivity contribution is 0.0921. The first-order valence-electron chi connectivity index (χ1n) is 11.7. The lowest BCUT2D eigenvalue weighted by Crippen LogP contribution is -2.34. The number of nitrogens with zero attached hydrogens (tertiary/aromatic N) is 4. The van der Waals surface area contributed by atoms with E-state index in [1.165, 1.54) is 5.57 Å². The van der Waals surface area contributed by atoms with Crippen molar-refractivity contribution in [3.63, 3.8) is 0 Å². The van der Waals surface area contributed by atoms with Crippen molar-refractivity contribution in [2.45, 2.75) is 39.8 Å². The fourth-order valence-electron chi connectivity index (χ4n) is 4.29. The Morgan fingerprint density at radius 3 is 2.65 bits per heavy atom. The summed E-state index contributed by atoms with van der Waals surface area (Å²) < 4.78 is 12.8. The molecule has 8 nitrogen and oxygen atoms in total. The minimum absolute atomic E-state index is 0.132. The van der Waals surface area contributed by atoms with Gasteiger partial charge in [-0.3, -0.25) is 9.69 Å². The first-order chi connectivity index (χ1) is 16.4. The van der Waals surface area contributed by atoms with E-state index in [0.717, 1.165) is 55.8 Å². The average molecular weight is 464 g/mol. The van der Waals surface area contributed by atoms with Crippen LogP contribution in [0.1, 0.15) is 54.6 Å². The summed E-state index contributed by atoms with van der Waals surface area (Å²) >= 11 is 0. The summed E-state index contributed by atoms with van der Waals surface area (Å²) in [5.41, 5.74) is 1.84. The van der Waals surface area contributed by atoms with E-state index in [-0.39, 0.29) is 17.9 Å².